The summed E-state index contributed by atoms with van der Waals surface area (Å²) in [7, 11) is 0. The van der Waals surface area contributed by atoms with Crippen LogP contribution in [-0.2, 0) is 0 Å². The van der Waals surface area contributed by atoms with Gasteiger partial charge < -0.3 is 4.42 Å². The van der Waals surface area contributed by atoms with Crippen molar-refractivity contribution >= 4 is 43.5 Å². The summed E-state index contributed by atoms with van der Waals surface area (Å²) >= 11 is 0. The first-order valence-corrected chi connectivity index (χ1v) is 17.1. The molecule has 7 aromatic carbocycles. The summed E-state index contributed by atoms with van der Waals surface area (Å²) in [6, 6.07) is 57.1. The minimum absolute atomic E-state index is 0.663. The van der Waals surface area contributed by atoms with Gasteiger partial charge in [-0.3, -0.25) is 4.98 Å². The van der Waals surface area contributed by atoms with Gasteiger partial charge in [0.15, 0.2) is 5.82 Å². The third-order valence-corrected chi connectivity index (χ3v) is 9.77. The van der Waals surface area contributed by atoms with Gasteiger partial charge in [0.2, 0.25) is 0 Å². The van der Waals surface area contributed by atoms with Crippen LogP contribution in [0.2, 0.25) is 0 Å². The first-order chi connectivity index (χ1) is 25.2. The number of furan rings is 1. The summed E-state index contributed by atoms with van der Waals surface area (Å²) in [5.41, 5.74) is 10.7. The molecule has 3 aromatic heterocycles. The molecular weight excluding hydrogens is 623 g/mol. The second kappa shape index (κ2) is 11.9. The lowest BCUT2D eigenvalue weighted by atomic mass is 9.94. The quantitative estimate of drug-likeness (QED) is 0.174. The van der Waals surface area contributed by atoms with E-state index in [2.05, 4.69) is 132 Å². The molecule has 0 atom stereocenters. The third-order valence-electron chi connectivity index (χ3n) is 9.77. The maximum Gasteiger partial charge on any atom is 0.160 e. The van der Waals surface area contributed by atoms with Crippen molar-refractivity contribution in [2.75, 3.05) is 0 Å². The number of aromatic nitrogens is 3. The van der Waals surface area contributed by atoms with Gasteiger partial charge in [0.1, 0.15) is 11.2 Å². The molecule has 0 saturated heterocycles. The zero-order chi connectivity index (χ0) is 33.7. The molecule has 0 aliphatic heterocycles. The zero-order valence-electron chi connectivity index (χ0n) is 27.5. The van der Waals surface area contributed by atoms with Crippen LogP contribution in [0, 0.1) is 0 Å². The first kappa shape index (κ1) is 29.0. The highest BCUT2D eigenvalue weighted by Gasteiger charge is 2.19. The molecule has 0 aliphatic rings. The molecule has 238 valence electrons. The van der Waals surface area contributed by atoms with E-state index in [0.29, 0.717) is 5.82 Å². The van der Waals surface area contributed by atoms with E-state index in [9.17, 15) is 0 Å². The van der Waals surface area contributed by atoms with Crippen molar-refractivity contribution in [1.82, 2.24) is 15.0 Å². The molecule has 0 bridgehead atoms. The number of para-hydroxylation sites is 1. The van der Waals surface area contributed by atoms with Crippen molar-refractivity contribution in [2.24, 2.45) is 0 Å². The van der Waals surface area contributed by atoms with E-state index in [-0.39, 0.29) is 0 Å². The van der Waals surface area contributed by atoms with Crippen LogP contribution in [-0.4, -0.2) is 15.0 Å². The van der Waals surface area contributed by atoms with Crippen LogP contribution in [0.3, 0.4) is 0 Å². The Kier molecular flexibility index (Phi) is 6.78. The monoisotopic (exact) mass is 651 g/mol. The fourth-order valence-electron chi connectivity index (χ4n) is 7.18. The summed E-state index contributed by atoms with van der Waals surface area (Å²) in [4.78, 5) is 14.7. The van der Waals surface area contributed by atoms with Crippen LogP contribution in [0.4, 0.5) is 0 Å². The molecular formula is C47H29N3O. The van der Waals surface area contributed by atoms with E-state index in [1.54, 1.807) is 0 Å². The van der Waals surface area contributed by atoms with Gasteiger partial charge in [0.25, 0.3) is 0 Å². The van der Waals surface area contributed by atoms with E-state index >= 15 is 0 Å². The SMILES string of the molecule is c1ccc(-c2ccc(-c3cc(-c4cc(-c5ccc6ccc7cnccc7c6c5)cc5c4oc4ccccc45)nc(-c4ccccc4)n3)cc2)cc1. The average molecular weight is 652 g/mol. The molecule has 4 heteroatoms. The van der Waals surface area contributed by atoms with Gasteiger partial charge in [0, 0.05) is 45.2 Å². The minimum Gasteiger partial charge on any atom is -0.455 e. The molecule has 0 N–H and O–H groups in total. The Morgan fingerprint density at radius 2 is 1.04 bits per heavy atom. The second-order valence-electron chi connectivity index (χ2n) is 12.9. The Balaban J connectivity index is 1.20. The molecule has 0 unspecified atom stereocenters. The smallest absolute Gasteiger partial charge is 0.160 e. The highest BCUT2D eigenvalue weighted by atomic mass is 16.3. The molecule has 0 aliphatic carbocycles. The van der Waals surface area contributed by atoms with Crippen LogP contribution >= 0.6 is 0 Å². The first-order valence-electron chi connectivity index (χ1n) is 17.1. The van der Waals surface area contributed by atoms with Gasteiger partial charge in [-0.05, 0) is 74.8 Å². The van der Waals surface area contributed by atoms with Crippen molar-refractivity contribution in [2.45, 2.75) is 0 Å². The molecule has 10 aromatic rings. The number of rotatable bonds is 5. The number of nitrogens with zero attached hydrogens (tertiary/aromatic N) is 3. The maximum atomic E-state index is 6.65. The van der Waals surface area contributed by atoms with E-state index < -0.39 is 0 Å². The van der Waals surface area contributed by atoms with Crippen molar-refractivity contribution in [3.05, 3.63) is 176 Å². The van der Waals surface area contributed by atoms with Crippen LogP contribution in [0.5, 0.6) is 0 Å². The Labute approximate surface area is 294 Å². The normalized spacial score (nSPS) is 11.5. The Bertz CT molecular complexity index is 2900. The van der Waals surface area contributed by atoms with E-state index in [1.807, 2.05) is 48.8 Å². The Morgan fingerprint density at radius 3 is 1.88 bits per heavy atom. The van der Waals surface area contributed by atoms with E-state index in [4.69, 9.17) is 14.4 Å². The molecule has 0 amide bonds. The van der Waals surface area contributed by atoms with Crippen molar-refractivity contribution < 1.29 is 4.42 Å². The third kappa shape index (κ3) is 5.13. The number of benzene rings is 7. The van der Waals surface area contributed by atoms with E-state index in [1.165, 1.54) is 21.7 Å². The van der Waals surface area contributed by atoms with Gasteiger partial charge in [-0.25, -0.2) is 9.97 Å². The summed E-state index contributed by atoms with van der Waals surface area (Å²) < 4.78 is 6.65. The lowest BCUT2D eigenvalue weighted by Gasteiger charge is -2.12. The zero-order valence-corrected chi connectivity index (χ0v) is 27.5. The predicted octanol–water partition coefficient (Wildman–Crippen LogP) is 12.4. The van der Waals surface area contributed by atoms with E-state index in [0.717, 1.165) is 72.1 Å². The molecule has 3 heterocycles. The second-order valence-corrected chi connectivity index (χ2v) is 12.9. The van der Waals surface area contributed by atoms with Gasteiger partial charge in [-0.2, -0.15) is 0 Å². The largest absolute Gasteiger partial charge is 0.455 e. The lowest BCUT2D eigenvalue weighted by Crippen LogP contribution is -1.96. The summed E-state index contributed by atoms with van der Waals surface area (Å²) in [5.74, 6) is 0.663. The van der Waals surface area contributed by atoms with Crippen molar-refractivity contribution in [1.29, 1.82) is 0 Å². The van der Waals surface area contributed by atoms with Crippen LogP contribution in [0.15, 0.2) is 181 Å². The van der Waals surface area contributed by atoms with Crippen molar-refractivity contribution in [3.63, 3.8) is 0 Å². The van der Waals surface area contributed by atoms with Crippen LogP contribution in [0.1, 0.15) is 0 Å². The van der Waals surface area contributed by atoms with Crippen molar-refractivity contribution in [3.8, 4) is 56.2 Å². The molecule has 10 rings (SSSR count). The highest BCUT2D eigenvalue weighted by Crippen LogP contribution is 2.41. The maximum absolute atomic E-state index is 6.65. The van der Waals surface area contributed by atoms with Crippen LogP contribution < -0.4 is 0 Å². The Morgan fingerprint density at radius 1 is 0.392 bits per heavy atom. The molecule has 0 spiro atoms. The predicted molar refractivity (Wildman–Crippen MR) is 209 cm³/mol. The standard InChI is InChI=1S/C47H29N3O/c1-3-9-30(10-4-1)31-15-19-33(20-16-31)43-28-44(50-47(49-43)34-11-5-2-6-12-34)42-27-37(26-41-39-13-7-8-14-45(39)51-46(41)42)35-21-17-32-18-22-36-29-48-24-23-38(36)40(32)25-35/h1-29H. The van der Waals surface area contributed by atoms with Gasteiger partial charge >= 0.3 is 0 Å². The highest BCUT2D eigenvalue weighted by molar-refractivity contribution is 6.12. The molecule has 4 nitrogen and oxygen atoms in total. The fraction of sp³-hybridized carbons (Fsp3) is 0. The lowest BCUT2D eigenvalue weighted by molar-refractivity contribution is 0.670. The van der Waals surface area contributed by atoms with Gasteiger partial charge in [-0.15, -0.1) is 0 Å². The number of hydrogen-bond acceptors (Lipinski definition) is 4. The Hall–Kier alpha value is -6.91. The molecule has 51 heavy (non-hydrogen) atoms. The number of fused-ring (bicyclic) bond motifs is 6. The fourth-order valence-corrected chi connectivity index (χ4v) is 7.18. The van der Waals surface area contributed by atoms with Gasteiger partial charge in [-0.1, -0.05) is 127 Å². The molecule has 0 saturated carbocycles. The minimum atomic E-state index is 0.663. The number of pyridine rings is 1. The molecule has 0 fully saturated rings. The topological polar surface area (TPSA) is 51.8 Å². The molecule has 0 radical (unpaired) electrons. The summed E-state index contributed by atoms with van der Waals surface area (Å²) in [6.45, 7) is 0. The van der Waals surface area contributed by atoms with Crippen LogP contribution in [0.25, 0.3) is 99.6 Å². The summed E-state index contributed by atoms with van der Waals surface area (Å²) in [5, 5.41) is 6.82. The van der Waals surface area contributed by atoms with Gasteiger partial charge in [0.05, 0.1) is 11.4 Å². The average Bonchev–Trinajstić information content (AvgIpc) is 3.59. The summed E-state index contributed by atoms with van der Waals surface area (Å²) in [6.07, 6.45) is 3.79. The number of hydrogen-bond donors (Lipinski definition) is 0.